The maximum atomic E-state index is 12.9. The number of alkyl halides is 3. The highest BCUT2D eigenvalue weighted by Crippen LogP contribution is 2.32. The van der Waals surface area contributed by atoms with E-state index in [0.717, 1.165) is 0 Å². The van der Waals surface area contributed by atoms with Crippen molar-refractivity contribution in [2.24, 2.45) is 0 Å². The molecule has 32 heavy (non-hydrogen) atoms. The van der Waals surface area contributed by atoms with Gasteiger partial charge in [0.15, 0.2) is 0 Å². The van der Waals surface area contributed by atoms with Crippen molar-refractivity contribution in [1.82, 2.24) is 25.5 Å². The van der Waals surface area contributed by atoms with Gasteiger partial charge in [-0.05, 0) is 24.3 Å². The molecular weight excluding hydrogens is 429 g/mol. The Hall–Kier alpha value is -4.40. The highest BCUT2D eigenvalue weighted by atomic mass is 19.4. The van der Waals surface area contributed by atoms with Crippen LogP contribution in [0, 0.1) is 11.8 Å². The van der Waals surface area contributed by atoms with E-state index in [4.69, 9.17) is 4.74 Å². The largest absolute Gasteiger partial charge is 0.490 e. The Morgan fingerprint density at radius 3 is 2.75 bits per heavy atom. The zero-order valence-electron chi connectivity index (χ0n) is 16.2. The number of nitrogens with one attached hydrogen (secondary N) is 3. The molecule has 2 amide bonds. The molecule has 0 atom stereocenters. The van der Waals surface area contributed by atoms with Crippen LogP contribution in [0.15, 0.2) is 42.9 Å². The second kappa shape index (κ2) is 10.1. The lowest BCUT2D eigenvalue weighted by molar-refractivity contribution is -0.140. The van der Waals surface area contributed by atoms with E-state index in [1.165, 1.54) is 30.6 Å². The Morgan fingerprint density at radius 1 is 1.22 bits per heavy atom. The average Bonchev–Trinajstić information content (AvgIpc) is 3.28. The monoisotopic (exact) mass is 444 g/mol. The Bertz CT molecular complexity index is 1150. The summed E-state index contributed by atoms with van der Waals surface area (Å²) >= 11 is 0. The third kappa shape index (κ3) is 6.05. The van der Waals surface area contributed by atoms with Gasteiger partial charge in [-0.3, -0.25) is 9.59 Å². The summed E-state index contributed by atoms with van der Waals surface area (Å²) in [7, 11) is 0. The number of nitrogens with zero attached hydrogens (tertiary/aromatic N) is 3. The summed E-state index contributed by atoms with van der Waals surface area (Å²) < 4.78 is 44.1. The van der Waals surface area contributed by atoms with Crippen molar-refractivity contribution in [3.05, 3.63) is 54.1 Å². The number of halogens is 3. The normalized spacial score (nSPS) is 10.6. The van der Waals surface area contributed by atoms with Gasteiger partial charge in [0, 0.05) is 17.0 Å². The number of hydrogen-bond acceptors (Lipinski definition) is 6. The minimum absolute atomic E-state index is 0.0454. The number of carbonyl (C=O) groups excluding carboxylic acids is 2. The summed E-state index contributed by atoms with van der Waals surface area (Å²) in [6.07, 6.45) is -0.590. The number of anilines is 1. The van der Waals surface area contributed by atoms with Crippen LogP contribution < -0.4 is 15.4 Å². The smallest absolute Gasteiger partial charge is 0.432 e. The number of rotatable bonds is 7. The molecule has 0 spiro atoms. The van der Waals surface area contributed by atoms with Crippen molar-refractivity contribution in [1.29, 1.82) is 0 Å². The van der Waals surface area contributed by atoms with Crippen molar-refractivity contribution < 1.29 is 27.5 Å². The lowest BCUT2D eigenvalue weighted by Crippen LogP contribution is -2.19. The fraction of sp³-hybridized carbons (Fsp3) is 0.150. The van der Waals surface area contributed by atoms with Gasteiger partial charge >= 0.3 is 12.1 Å². The van der Waals surface area contributed by atoms with Gasteiger partial charge in [0.2, 0.25) is 6.41 Å². The zero-order chi connectivity index (χ0) is 23.0. The van der Waals surface area contributed by atoms with Crippen molar-refractivity contribution in [2.75, 3.05) is 18.5 Å². The van der Waals surface area contributed by atoms with Crippen LogP contribution in [0.2, 0.25) is 0 Å². The fourth-order valence-corrected chi connectivity index (χ4v) is 2.44. The third-order valence-corrected chi connectivity index (χ3v) is 3.87. The molecule has 0 aliphatic rings. The van der Waals surface area contributed by atoms with Gasteiger partial charge < -0.3 is 20.4 Å². The van der Waals surface area contributed by atoms with E-state index in [9.17, 15) is 22.8 Å². The van der Waals surface area contributed by atoms with E-state index in [1.54, 1.807) is 6.07 Å². The molecule has 0 unspecified atom stereocenters. The molecule has 9 nitrogen and oxygen atoms in total. The predicted molar refractivity (Wildman–Crippen MR) is 106 cm³/mol. The summed E-state index contributed by atoms with van der Waals surface area (Å²) in [6, 6.07) is 5.90. The van der Waals surface area contributed by atoms with Crippen LogP contribution in [0.5, 0.6) is 5.75 Å². The number of hydrogen-bond donors (Lipinski definition) is 3. The first-order valence-corrected chi connectivity index (χ1v) is 9.03. The topological polar surface area (TPSA) is 122 Å². The molecule has 0 aliphatic heterocycles. The van der Waals surface area contributed by atoms with Crippen LogP contribution in [0.1, 0.15) is 11.3 Å². The van der Waals surface area contributed by atoms with Gasteiger partial charge in [-0.1, -0.05) is 5.92 Å². The van der Waals surface area contributed by atoms with Gasteiger partial charge in [-0.25, -0.2) is 4.98 Å². The van der Waals surface area contributed by atoms with Gasteiger partial charge in [-0.2, -0.15) is 23.4 Å². The molecule has 2 heterocycles. The SMILES string of the molecule is O=CNCCOc1ccc(-c2ncc(C(F)(F)F)[nH]2)cc1NC(=O)C#Cc1ccnnc1. The summed E-state index contributed by atoms with van der Waals surface area (Å²) in [5, 5.41) is 12.2. The van der Waals surface area contributed by atoms with Crippen LogP contribution in [0.3, 0.4) is 0 Å². The lowest BCUT2D eigenvalue weighted by atomic mass is 10.1. The number of H-pyrrole nitrogens is 1. The van der Waals surface area contributed by atoms with Crippen molar-refractivity contribution in [3.63, 3.8) is 0 Å². The Kier molecular flexibility index (Phi) is 7.02. The molecule has 0 aliphatic carbocycles. The molecule has 0 radical (unpaired) electrons. The van der Waals surface area contributed by atoms with Crippen LogP contribution >= 0.6 is 0 Å². The molecule has 1 aromatic carbocycles. The van der Waals surface area contributed by atoms with Gasteiger partial charge in [-0.15, -0.1) is 0 Å². The predicted octanol–water partition coefficient (Wildman–Crippen LogP) is 2.00. The van der Waals surface area contributed by atoms with Crippen molar-refractivity contribution in [3.8, 4) is 29.0 Å². The summed E-state index contributed by atoms with van der Waals surface area (Å²) in [5.74, 6) is 4.48. The second-order valence-corrected chi connectivity index (χ2v) is 6.11. The Morgan fingerprint density at radius 2 is 2.06 bits per heavy atom. The molecule has 3 N–H and O–H groups in total. The fourth-order valence-electron chi connectivity index (χ4n) is 2.44. The van der Waals surface area contributed by atoms with Gasteiger partial charge in [0.25, 0.3) is 0 Å². The summed E-state index contributed by atoms with van der Waals surface area (Å²) in [5.41, 5.74) is -0.100. The molecule has 0 fully saturated rings. The molecule has 0 saturated heterocycles. The lowest BCUT2D eigenvalue weighted by Gasteiger charge is -2.12. The summed E-state index contributed by atoms with van der Waals surface area (Å²) in [6.45, 7) is 0.301. The molecule has 2 aromatic heterocycles. The quantitative estimate of drug-likeness (QED) is 0.291. The van der Waals surface area contributed by atoms with Crippen LogP contribution in [0.25, 0.3) is 11.4 Å². The maximum absolute atomic E-state index is 12.9. The average molecular weight is 444 g/mol. The molecule has 12 heteroatoms. The van der Waals surface area contributed by atoms with E-state index in [2.05, 4.69) is 42.6 Å². The first-order chi connectivity index (χ1) is 15.4. The number of imidazole rings is 1. The standard InChI is InChI=1S/C20H15F3N6O3/c21-20(22,23)17-11-25-19(29-17)14-2-3-16(32-8-7-24-12-30)15(9-14)28-18(31)4-1-13-5-6-26-27-10-13/h2-3,5-6,9-12H,7-8H2,(H,24,30)(H,25,29)(H,28,31). The number of carbonyl (C=O) groups is 2. The number of aromatic nitrogens is 4. The maximum Gasteiger partial charge on any atom is 0.432 e. The number of ether oxygens (including phenoxy) is 1. The highest BCUT2D eigenvalue weighted by molar-refractivity contribution is 6.05. The van der Waals surface area contributed by atoms with E-state index >= 15 is 0 Å². The summed E-state index contributed by atoms with van der Waals surface area (Å²) in [4.78, 5) is 28.6. The van der Waals surface area contributed by atoms with E-state index in [1.807, 2.05) is 0 Å². The molecular formula is C20H15F3N6O3. The molecule has 3 aromatic rings. The van der Waals surface area contributed by atoms with Gasteiger partial charge in [0.05, 0.1) is 30.8 Å². The number of amides is 2. The second-order valence-electron chi connectivity index (χ2n) is 6.11. The molecule has 3 rings (SSSR count). The van der Waals surface area contributed by atoms with Crippen LogP contribution in [0.4, 0.5) is 18.9 Å². The number of benzene rings is 1. The van der Waals surface area contributed by atoms with Crippen LogP contribution in [-0.4, -0.2) is 45.6 Å². The zero-order valence-corrected chi connectivity index (χ0v) is 16.2. The number of aromatic amines is 1. The first kappa shape index (κ1) is 22.3. The molecule has 0 saturated carbocycles. The van der Waals surface area contributed by atoms with Gasteiger partial charge in [0.1, 0.15) is 23.9 Å². The molecule has 164 valence electrons. The van der Waals surface area contributed by atoms with E-state index in [0.29, 0.717) is 18.2 Å². The van der Waals surface area contributed by atoms with E-state index < -0.39 is 17.8 Å². The Balaban J connectivity index is 1.85. The van der Waals surface area contributed by atoms with E-state index in [-0.39, 0.29) is 36.0 Å². The van der Waals surface area contributed by atoms with Crippen molar-refractivity contribution >= 4 is 18.0 Å². The minimum atomic E-state index is -4.58. The minimum Gasteiger partial charge on any atom is -0.490 e. The highest BCUT2D eigenvalue weighted by Gasteiger charge is 2.33. The van der Waals surface area contributed by atoms with Crippen LogP contribution in [-0.2, 0) is 15.8 Å². The third-order valence-electron chi connectivity index (χ3n) is 3.87. The molecule has 0 bridgehead atoms. The first-order valence-electron chi connectivity index (χ1n) is 9.03. The van der Waals surface area contributed by atoms with Crippen molar-refractivity contribution in [2.45, 2.75) is 6.18 Å². The Labute approximate surface area is 179 Å².